The van der Waals surface area contributed by atoms with Gasteiger partial charge in [0, 0.05) is 13.7 Å². The molecule has 1 amide bonds. The van der Waals surface area contributed by atoms with Crippen molar-refractivity contribution in [1.29, 1.82) is 0 Å². The monoisotopic (exact) mass is 677 g/mol. The standard InChI is InChI=1S/C24H26ClN5O5S2.C2HF3O2/c1-34-14-17(23(26)31)27-12-15-5-3-6-16(11-15)13-30-18-7-4-8-19(35-2)22(18)24(28-30)29-37(32,33)21-10-9-20(25)36-21;3-2(4,5)1(6)7/h3-11,17,27H,12-14H2,1-2H3,(H2,26,31)(H,28,29);(H,6,7). The second-order valence-corrected chi connectivity index (χ2v) is 12.6. The van der Waals surface area contributed by atoms with Crippen LogP contribution in [0.5, 0.6) is 5.75 Å². The van der Waals surface area contributed by atoms with Gasteiger partial charge in [-0.3, -0.25) is 19.5 Å². The predicted molar refractivity (Wildman–Crippen MR) is 157 cm³/mol. The maximum absolute atomic E-state index is 13.0. The fraction of sp³-hybridized carbons (Fsp3) is 0.269. The Labute approximate surface area is 258 Å². The van der Waals surface area contributed by atoms with Crippen molar-refractivity contribution >= 4 is 61.6 Å². The molecule has 0 saturated heterocycles. The second kappa shape index (κ2) is 14.7. The van der Waals surface area contributed by atoms with Gasteiger partial charge in [-0.2, -0.15) is 18.3 Å². The van der Waals surface area contributed by atoms with Gasteiger partial charge in [0.1, 0.15) is 16.0 Å². The van der Waals surface area contributed by atoms with Crippen molar-refractivity contribution in [2.45, 2.75) is 29.5 Å². The van der Waals surface area contributed by atoms with E-state index >= 15 is 0 Å². The summed E-state index contributed by atoms with van der Waals surface area (Å²) in [7, 11) is -0.884. The first kappa shape index (κ1) is 34.6. The normalized spacial score (nSPS) is 12.3. The van der Waals surface area contributed by atoms with Crippen LogP contribution in [-0.4, -0.2) is 68.2 Å². The molecule has 238 valence electrons. The molecule has 1 atom stereocenters. The maximum Gasteiger partial charge on any atom is 0.490 e. The van der Waals surface area contributed by atoms with Crippen molar-refractivity contribution in [2.24, 2.45) is 5.73 Å². The Morgan fingerprint density at radius 1 is 1.14 bits per heavy atom. The summed E-state index contributed by atoms with van der Waals surface area (Å²) < 4.78 is 73.0. The zero-order chi connectivity index (χ0) is 32.7. The van der Waals surface area contributed by atoms with Crippen LogP contribution in [0.4, 0.5) is 19.0 Å². The number of hydrogen-bond acceptors (Lipinski definition) is 9. The Kier molecular flexibility index (Phi) is 11.6. The number of anilines is 1. The minimum absolute atomic E-state index is 0.0815. The van der Waals surface area contributed by atoms with E-state index in [4.69, 9.17) is 36.7 Å². The number of nitrogens with zero attached hydrogens (tertiary/aromatic N) is 2. The summed E-state index contributed by atoms with van der Waals surface area (Å²) in [6, 6.07) is 15.5. The van der Waals surface area contributed by atoms with E-state index in [0.717, 1.165) is 22.5 Å². The Bertz CT molecular complexity index is 1730. The molecule has 0 aliphatic heterocycles. The highest BCUT2D eigenvalue weighted by molar-refractivity contribution is 7.94. The largest absolute Gasteiger partial charge is 0.496 e. The van der Waals surface area contributed by atoms with E-state index in [9.17, 15) is 26.4 Å². The van der Waals surface area contributed by atoms with Crippen LogP contribution in [0.1, 0.15) is 11.1 Å². The van der Waals surface area contributed by atoms with E-state index in [-0.39, 0.29) is 16.6 Å². The fourth-order valence-corrected chi connectivity index (χ4v) is 6.33. The van der Waals surface area contributed by atoms with Crippen LogP contribution in [0, 0.1) is 0 Å². The molecule has 4 aromatic rings. The van der Waals surface area contributed by atoms with E-state index in [1.807, 2.05) is 36.4 Å². The van der Waals surface area contributed by atoms with E-state index in [2.05, 4.69) is 15.1 Å². The number of rotatable bonds is 12. The van der Waals surface area contributed by atoms with Gasteiger partial charge in [0.05, 0.1) is 35.5 Å². The molecule has 12 nitrogen and oxygen atoms in total. The first-order valence-corrected chi connectivity index (χ1v) is 15.0. The third-order valence-corrected chi connectivity index (χ3v) is 8.86. The predicted octanol–water partition coefficient (Wildman–Crippen LogP) is 3.83. The molecule has 2 aromatic heterocycles. The van der Waals surface area contributed by atoms with Crippen LogP contribution in [0.25, 0.3) is 10.9 Å². The SMILES string of the molecule is COCC(NCc1cccc(Cn2nc(NS(=O)(=O)c3ccc(Cl)s3)c3c(OC)cccc32)c1)C(N)=O.O=C(O)C(F)(F)F. The van der Waals surface area contributed by atoms with Crippen LogP contribution in [-0.2, 0) is 37.4 Å². The first-order chi connectivity index (χ1) is 20.7. The number of amides is 1. The van der Waals surface area contributed by atoms with Crippen molar-refractivity contribution in [2.75, 3.05) is 25.5 Å². The number of thiophene rings is 1. The van der Waals surface area contributed by atoms with Gasteiger partial charge in [0.25, 0.3) is 10.0 Å². The molecule has 5 N–H and O–H groups in total. The third-order valence-electron chi connectivity index (χ3n) is 5.80. The first-order valence-electron chi connectivity index (χ1n) is 12.4. The quantitative estimate of drug-likeness (QED) is 0.174. The van der Waals surface area contributed by atoms with Crippen LogP contribution >= 0.6 is 22.9 Å². The van der Waals surface area contributed by atoms with Crippen molar-refractivity contribution < 1.29 is 45.8 Å². The highest BCUT2D eigenvalue weighted by Gasteiger charge is 2.38. The Morgan fingerprint density at radius 2 is 1.80 bits per heavy atom. The Morgan fingerprint density at radius 3 is 2.36 bits per heavy atom. The van der Waals surface area contributed by atoms with E-state index in [0.29, 0.717) is 34.1 Å². The number of fused-ring (bicyclic) bond motifs is 1. The number of nitrogens with one attached hydrogen (secondary N) is 2. The summed E-state index contributed by atoms with van der Waals surface area (Å²) in [6.45, 7) is 0.945. The minimum Gasteiger partial charge on any atom is -0.496 e. The van der Waals surface area contributed by atoms with Gasteiger partial charge in [-0.25, -0.2) is 13.2 Å². The molecule has 1 unspecified atom stereocenters. The molecule has 2 aromatic carbocycles. The van der Waals surface area contributed by atoms with E-state index in [1.54, 1.807) is 10.7 Å². The van der Waals surface area contributed by atoms with Crippen molar-refractivity contribution in [3.05, 3.63) is 70.1 Å². The lowest BCUT2D eigenvalue weighted by atomic mass is 10.1. The summed E-state index contributed by atoms with van der Waals surface area (Å²) in [5, 5.41) is 15.3. The number of alkyl halides is 3. The van der Waals surface area contributed by atoms with Crippen molar-refractivity contribution in [3.8, 4) is 5.75 Å². The Hall–Kier alpha value is -3.90. The fourth-order valence-electron chi connectivity index (χ4n) is 3.84. The number of halogens is 4. The van der Waals surface area contributed by atoms with Gasteiger partial charge in [0.2, 0.25) is 5.91 Å². The number of benzene rings is 2. The molecule has 4 rings (SSSR count). The number of hydrogen-bond donors (Lipinski definition) is 4. The molecular formula is C26H27ClF3N5O7S2. The number of carboxylic acids is 1. The molecule has 0 radical (unpaired) electrons. The number of carbonyl (C=O) groups excluding carboxylic acids is 1. The third kappa shape index (κ3) is 9.06. The zero-order valence-corrected chi connectivity index (χ0v) is 25.5. The van der Waals surface area contributed by atoms with E-state index in [1.165, 1.54) is 26.4 Å². The lowest BCUT2D eigenvalue weighted by molar-refractivity contribution is -0.192. The van der Waals surface area contributed by atoms with Crippen LogP contribution < -0.4 is 20.5 Å². The highest BCUT2D eigenvalue weighted by atomic mass is 35.5. The summed E-state index contributed by atoms with van der Waals surface area (Å²) in [5.41, 5.74) is 7.97. The summed E-state index contributed by atoms with van der Waals surface area (Å²) in [4.78, 5) is 20.5. The highest BCUT2D eigenvalue weighted by Crippen LogP contribution is 2.35. The van der Waals surface area contributed by atoms with Crippen molar-refractivity contribution in [1.82, 2.24) is 15.1 Å². The maximum atomic E-state index is 13.0. The zero-order valence-electron chi connectivity index (χ0n) is 23.1. The summed E-state index contributed by atoms with van der Waals surface area (Å²) in [5.74, 6) is -2.61. The molecular weight excluding hydrogens is 651 g/mol. The molecule has 0 aliphatic carbocycles. The number of aliphatic carboxylic acids is 1. The molecule has 0 fully saturated rings. The van der Waals surface area contributed by atoms with Crippen LogP contribution in [0.2, 0.25) is 4.34 Å². The summed E-state index contributed by atoms with van der Waals surface area (Å²) >= 11 is 6.90. The topological polar surface area (TPSA) is 175 Å². The minimum atomic E-state index is -5.08. The number of sulfonamides is 1. The second-order valence-electron chi connectivity index (χ2n) is 8.94. The number of carbonyl (C=O) groups is 2. The van der Waals surface area contributed by atoms with Gasteiger partial charge in [0.15, 0.2) is 5.82 Å². The van der Waals surface area contributed by atoms with Crippen LogP contribution in [0.15, 0.2) is 58.8 Å². The Balaban J connectivity index is 0.000000676. The summed E-state index contributed by atoms with van der Waals surface area (Å²) in [6.07, 6.45) is -5.08. The van der Waals surface area contributed by atoms with Crippen molar-refractivity contribution in [3.63, 3.8) is 0 Å². The average Bonchev–Trinajstić information content (AvgIpc) is 3.54. The molecule has 0 aliphatic rings. The molecule has 0 spiro atoms. The molecule has 0 bridgehead atoms. The molecule has 44 heavy (non-hydrogen) atoms. The number of ether oxygens (including phenoxy) is 2. The average molecular weight is 678 g/mol. The molecule has 18 heteroatoms. The number of carboxylic acid groups (broad SMARTS) is 1. The lowest BCUT2D eigenvalue weighted by Gasteiger charge is -2.15. The number of nitrogens with two attached hydrogens (primary N) is 1. The lowest BCUT2D eigenvalue weighted by Crippen LogP contribution is -2.44. The number of methoxy groups -OCH3 is 2. The van der Waals surface area contributed by atoms with Crippen LogP contribution in [0.3, 0.4) is 0 Å². The van der Waals surface area contributed by atoms with Gasteiger partial charge in [-0.05, 0) is 35.4 Å². The number of aromatic nitrogens is 2. The smallest absolute Gasteiger partial charge is 0.490 e. The van der Waals surface area contributed by atoms with E-state index < -0.39 is 34.1 Å². The number of primary amides is 1. The molecule has 0 saturated carbocycles. The van der Waals surface area contributed by atoms with Gasteiger partial charge in [-0.15, -0.1) is 11.3 Å². The van der Waals surface area contributed by atoms with Gasteiger partial charge < -0.3 is 20.3 Å². The van der Waals surface area contributed by atoms with Gasteiger partial charge >= 0.3 is 12.1 Å². The van der Waals surface area contributed by atoms with Gasteiger partial charge in [-0.1, -0.05) is 41.9 Å². The molecule has 2 heterocycles.